The highest BCUT2D eigenvalue weighted by Crippen LogP contribution is 2.23. The number of fused-ring (bicyclic) bond motifs is 2. The van der Waals surface area contributed by atoms with Crippen molar-refractivity contribution in [1.82, 2.24) is 35.6 Å². The van der Waals surface area contributed by atoms with Crippen LogP contribution >= 0.6 is 11.3 Å². The number of carbonyl (C=O) groups is 4. The van der Waals surface area contributed by atoms with Gasteiger partial charge < -0.3 is 25.4 Å². The number of rotatable bonds is 16. The Bertz CT molecular complexity index is 2220. The lowest BCUT2D eigenvalue weighted by molar-refractivity contribution is -0.147. The first-order chi connectivity index (χ1) is 30.2. The molecule has 1 aliphatic rings. The quantitative estimate of drug-likeness (QED) is 0.0982. The van der Waals surface area contributed by atoms with Crippen LogP contribution in [-0.4, -0.2) is 134 Å². The molecule has 5 aromatic rings. The molecule has 1 saturated heterocycles. The number of hydrogen-bond donors (Lipinski definition) is 3. The van der Waals surface area contributed by atoms with Crippen LogP contribution in [0, 0.1) is 0 Å². The van der Waals surface area contributed by atoms with Crippen LogP contribution in [0.2, 0.25) is 0 Å². The summed E-state index contributed by atoms with van der Waals surface area (Å²) in [5.74, 6) is -1.50. The van der Waals surface area contributed by atoms with Gasteiger partial charge in [-0.3, -0.25) is 29.1 Å². The van der Waals surface area contributed by atoms with Crippen molar-refractivity contribution in [3.8, 4) is 0 Å². The van der Waals surface area contributed by atoms with E-state index in [0.717, 1.165) is 21.5 Å². The second-order valence-electron chi connectivity index (χ2n) is 15.3. The molecular formula is C47H57N7O7S. The normalized spacial score (nSPS) is 15.8. The van der Waals surface area contributed by atoms with E-state index in [4.69, 9.17) is 14.5 Å². The van der Waals surface area contributed by atoms with E-state index in [1.807, 2.05) is 97.1 Å². The van der Waals surface area contributed by atoms with Crippen molar-refractivity contribution in [3.05, 3.63) is 124 Å². The molecule has 328 valence electrons. The first-order valence-corrected chi connectivity index (χ1v) is 22.2. The lowest BCUT2D eigenvalue weighted by Gasteiger charge is -2.31. The Morgan fingerprint density at radius 3 is 1.68 bits per heavy atom. The maximum Gasteiger partial charge on any atom is 0.328 e. The second-order valence-corrected chi connectivity index (χ2v) is 16.3. The Balaban J connectivity index is 1.17. The van der Waals surface area contributed by atoms with Gasteiger partial charge >= 0.3 is 11.9 Å². The lowest BCUT2D eigenvalue weighted by atomic mass is 10.1. The average molecular weight is 864 g/mol. The van der Waals surface area contributed by atoms with Gasteiger partial charge in [0.2, 0.25) is 11.8 Å². The van der Waals surface area contributed by atoms with Gasteiger partial charge in [0.05, 0.1) is 37.4 Å². The predicted octanol–water partition coefficient (Wildman–Crippen LogP) is 3.40. The van der Waals surface area contributed by atoms with Gasteiger partial charge in [0, 0.05) is 81.8 Å². The van der Waals surface area contributed by atoms with Crippen LogP contribution in [0.25, 0.3) is 20.3 Å². The van der Waals surface area contributed by atoms with E-state index in [2.05, 4.69) is 30.7 Å². The Kier molecular flexibility index (Phi) is 17.5. The third kappa shape index (κ3) is 13.7. The van der Waals surface area contributed by atoms with E-state index in [-0.39, 0.29) is 43.5 Å². The summed E-state index contributed by atoms with van der Waals surface area (Å²) in [5, 5.41) is 10.6. The summed E-state index contributed by atoms with van der Waals surface area (Å²) in [5.41, 5.74) is 2.58. The fourth-order valence-electron chi connectivity index (χ4n) is 7.47. The topological polar surface area (TPSA) is 163 Å². The number of pyridine rings is 1. The van der Waals surface area contributed by atoms with Crippen molar-refractivity contribution in [2.75, 3.05) is 78.7 Å². The molecule has 1 aliphatic heterocycles. The maximum absolute atomic E-state index is 13.6. The highest BCUT2D eigenvalue weighted by atomic mass is 32.1. The van der Waals surface area contributed by atoms with E-state index in [1.165, 1.54) is 11.3 Å². The van der Waals surface area contributed by atoms with Gasteiger partial charge in [-0.1, -0.05) is 72.8 Å². The van der Waals surface area contributed by atoms with E-state index in [0.29, 0.717) is 87.3 Å². The minimum atomic E-state index is -0.826. The summed E-state index contributed by atoms with van der Waals surface area (Å²) < 4.78 is 11.5. The van der Waals surface area contributed by atoms with Crippen LogP contribution in [0.4, 0.5) is 0 Å². The number of ether oxygens (including phenoxy) is 2. The Hall–Kier alpha value is -5.58. The largest absolute Gasteiger partial charge is 0.464 e. The van der Waals surface area contributed by atoms with Crippen molar-refractivity contribution >= 4 is 55.4 Å². The van der Waals surface area contributed by atoms with Gasteiger partial charge in [-0.05, 0) is 49.2 Å². The number of nitrogens with one attached hydrogen (secondary N) is 3. The molecule has 2 amide bonds. The smallest absolute Gasteiger partial charge is 0.328 e. The minimum Gasteiger partial charge on any atom is -0.464 e. The molecule has 6 rings (SSSR count). The van der Waals surface area contributed by atoms with E-state index in [1.54, 1.807) is 13.8 Å². The summed E-state index contributed by atoms with van der Waals surface area (Å²) in [4.78, 5) is 78.5. The standard InChI is InChI=1S/C47H57N7O7S/c1-3-60-46(58)39(29-34-13-7-5-8-14-34)50-42(55)32-52-23-21-48-22-24-53(33-43(56)51-40(47(59)61-4-2)30-35-15-9-6-10-16-35)26-28-54(27-25-52)31-36-19-20-38-44(57)37-17-11-12-18-41(37)62-45(38)49-36/h5-20,39-40,48H,3-4,21-33H2,1-2H3,(H,50,55)(H,51,56)/t39-,40-/m0/s1. The molecule has 0 saturated carbocycles. The fourth-order valence-corrected chi connectivity index (χ4v) is 8.53. The molecule has 1 fully saturated rings. The van der Waals surface area contributed by atoms with Crippen molar-refractivity contribution in [3.63, 3.8) is 0 Å². The second kappa shape index (κ2) is 23.6. The molecule has 0 bridgehead atoms. The molecule has 2 atom stereocenters. The number of aromatic nitrogens is 1. The van der Waals surface area contributed by atoms with Gasteiger partial charge in [-0.15, -0.1) is 11.3 Å². The first-order valence-electron chi connectivity index (χ1n) is 21.4. The number of benzene rings is 3. The highest BCUT2D eigenvalue weighted by Gasteiger charge is 2.26. The number of esters is 2. The van der Waals surface area contributed by atoms with Crippen LogP contribution in [0.3, 0.4) is 0 Å². The van der Waals surface area contributed by atoms with Crippen LogP contribution in [0.5, 0.6) is 0 Å². The van der Waals surface area contributed by atoms with Crippen molar-refractivity contribution < 1.29 is 28.7 Å². The van der Waals surface area contributed by atoms with Crippen LogP contribution in [0.1, 0.15) is 30.7 Å². The lowest BCUT2D eigenvalue weighted by Crippen LogP contribution is -2.51. The average Bonchev–Trinajstić information content (AvgIpc) is 3.26. The summed E-state index contributed by atoms with van der Waals surface area (Å²) >= 11 is 1.49. The fraction of sp³-hybridized carbons (Fsp3) is 0.404. The zero-order valence-corrected chi connectivity index (χ0v) is 36.4. The summed E-state index contributed by atoms with van der Waals surface area (Å²) in [6, 6.07) is 28.7. The van der Waals surface area contributed by atoms with Crippen LogP contribution in [0.15, 0.2) is 102 Å². The number of nitrogens with zero attached hydrogens (tertiary/aromatic N) is 4. The molecule has 3 heterocycles. The van der Waals surface area contributed by atoms with Crippen molar-refractivity contribution in [2.24, 2.45) is 0 Å². The molecule has 14 nitrogen and oxygen atoms in total. The predicted molar refractivity (Wildman–Crippen MR) is 242 cm³/mol. The molecule has 0 aliphatic carbocycles. The Morgan fingerprint density at radius 1 is 0.645 bits per heavy atom. The third-order valence-corrected chi connectivity index (χ3v) is 11.8. The molecule has 15 heteroatoms. The summed E-state index contributed by atoms with van der Waals surface area (Å²) in [6.07, 6.45) is 0.629. The summed E-state index contributed by atoms with van der Waals surface area (Å²) in [6.45, 7) is 8.99. The third-order valence-electron chi connectivity index (χ3n) is 10.7. The Labute approximate surface area is 366 Å². The van der Waals surface area contributed by atoms with Crippen molar-refractivity contribution in [2.45, 2.75) is 45.3 Å². The van der Waals surface area contributed by atoms with E-state index < -0.39 is 24.0 Å². The molecule has 0 spiro atoms. The molecule has 2 aromatic heterocycles. The highest BCUT2D eigenvalue weighted by molar-refractivity contribution is 7.24. The first kappa shape index (κ1) is 45.9. The molecule has 3 N–H and O–H groups in total. The SMILES string of the molecule is CCOC(=O)[C@H](Cc1ccccc1)NC(=O)CN1CCNCCN(CC(=O)N[C@@H](Cc2ccccc2)C(=O)OCC)CCN(Cc2ccc3c(=O)c4ccccc4sc3n2)CC1. The number of hydrogen-bond acceptors (Lipinski definition) is 13. The summed E-state index contributed by atoms with van der Waals surface area (Å²) in [7, 11) is 0. The van der Waals surface area contributed by atoms with Gasteiger partial charge in [0.1, 0.15) is 16.9 Å². The van der Waals surface area contributed by atoms with Gasteiger partial charge in [0.25, 0.3) is 0 Å². The Morgan fingerprint density at radius 2 is 1.15 bits per heavy atom. The maximum atomic E-state index is 13.6. The van der Waals surface area contributed by atoms with Gasteiger partial charge in [-0.25, -0.2) is 14.6 Å². The van der Waals surface area contributed by atoms with Gasteiger partial charge in [0.15, 0.2) is 5.43 Å². The molecule has 3 aromatic carbocycles. The zero-order chi connectivity index (χ0) is 43.7. The molecule has 0 radical (unpaired) electrons. The molecule has 62 heavy (non-hydrogen) atoms. The monoisotopic (exact) mass is 863 g/mol. The van der Waals surface area contributed by atoms with Crippen LogP contribution < -0.4 is 21.4 Å². The van der Waals surface area contributed by atoms with Crippen LogP contribution in [-0.2, 0) is 48.0 Å². The van der Waals surface area contributed by atoms with Gasteiger partial charge in [-0.2, -0.15) is 0 Å². The number of amides is 2. The zero-order valence-electron chi connectivity index (χ0n) is 35.6. The number of carbonyl (C=O) groups excluding carboxylic acids is 4. The van der Waals surface area contributed by atoms with Crippen molar-refractivity contribution in [1.29, 1.82) is 0 Å². The minimum absolute atomic E-state index is 0.0425. The molecular weight excluding hydrogens is 807 g/mol. The van der Waals surface area contributed by atoms with E-state index >= 15 is 0 Å². The van der Waals surface area contributed by atoms with E-state index in [9.17, 15) is 24.0 Å². The molecule has 0 unspecified atom stereocenters.